The van der Waals surface area contributed by atoms with E-state index >= 15 is 0 Å². The van der Waals surface area contributed by atoms with Crippen LogP contribution in [0.15, 0.2) is 57.4 Å². The molecule has 0 saturated carbocycles. The van der Waals surface area contributed by atoms with Gasteiger partial charge < -0.3 is 9.52 Å². The molecule has 0 aliphatic heterocycles. The molecule has 0 bridgehead atoms. The molecule has 2 nitrogen and oxygen atoms in total. The van der Waals surface area contributed by atoms with Crippen LogP contribution in [0.1, 0.15) is 18.8 Å². The first-order valence-corrected chi connectivity index (χ1v) is 6.91. The molecular weight excluding hydrogens is 304 g/mol. The van der Waals surface area contributed by atoms with Crippen LogP contribution in [0.4, 0.5) is 0 Å². The van der Waals surface area contributed by atoms with Gasteiger partial charge in [-0.05, 0) is 42.0 Å². The van der Waals surface area contributed by atoms with Gasteiger partial charge in [0.15, 0.2) is 0 Å². The van der Waals surface area contributed by atoms with Crippen LogP contribution < -0.4 is 0 Å². The van der Waals surface area contributed by atoms with Gasteiger partial charge in [-0.2, -0.15) is 0 Å². The van der Waals surface area contributed by atoms with E-state index in [0.29, 0.717) is 5.76 Å². The molecule has 1 aromatic heterocycles. The van der Waals surface area contributed by atoms with Crippen molar-refractivity contribution < 1.29 is 9.52 Å². The predicted octanol–water partition coefficient (Wildman–Crippen LogP) is 4.92. The second-order valence-electron chi connectivity index (χ2n) is 4.52. The van der Waals surface area contributed by atoms with Crippen LogP contribution in [0.3, 0.4) is 0 Å². The summed E-state index contributed by atoms with van der Waals surface area (Å²) in [6.45, 7) is 1.70. The second-order valence-corrected chi connectivity index (χ2v) is 5.37. The van der Waals surface area contributed by atoms with Gasteiger partial charge in [0.05, 0.1) is 0 Å². The number of hydrogen-bond acceptors (Lipinski definition) is 2. The van der Waals surface area contributed by atoms with Crippen LogP contribution in [-0.2, 0) is 0 Å². The minimum atomic E-state index is -0.588. The van der Waals surface area contributed by atoms with Gasteiger partial charge in [-0.1, -0.05) is 40.2 Å². The van der Waals surface area contributed by atoms with Crippen molar-refractivity contribution in [2.45, 2.75) is 13.0 Å². The van der Waals surface area contributed by atoms with Crippen molar-refractivity contribution in [1.82, 2.24) is 0 Å². The standard InChI is InChI=1S/C16H13BrO2/c1-10(18)15-8-9-16(19-15)13-6-7-14(17)12-5-3-2-4-11(12)13/h2-10,18H,1H3. The molecular formula is C16H13BrO2. The molecule has 0 radical (unpaired) electrons. The number of halogens is 1. The molecule has 0 saturated heterocycles. The third-order valence-corrected chi connectivity index (χ3v) is 3.87. The van der Waals surface area contributed by atoms with Crippen molar-refractivity contribution in [2.75, 3.05) is 0 Å². The first-order valence-electron chi connectivity index (χ1n) is 6.12. The summed E-state index contributed by atoms with van der Waals surface area (Å²) >= 11 is 3.56. The van der Waals surface area contributed by atoms with E-state index in [1.54, 1.807) is 6.92 Å². The highest BCUT2D eigenvalue weighted by molar-refractivity contribution is 9.10. The molecule has 2 aromatic carbocycles. The molecule has 0 aliphatic carbocycles. The summed E-state index contributed by atoms with van der Waals surface area (Å²) in [5.74, 6) is 1.36. The molecule has 1 N–H and O–H groups in total. The third-order valence-electron chi connectivity index (χ3n) is 3.17. The van der Waals surface area contributed by atoms with Gasteiger partial charge in [-0.3, -0.25) is 0 Å². The highest BCUT2D eigenvalue weighted by Crippen LogP contribution is 2.34. The first-order chi connectivity index (χ1) is 9.16. The normalized spacial score (nSPS) is 12.8. The fourth-order valence-electron chi connectivity index (χ4n) is 2.20. The molecule has 3 heteroatoms. The Morgan fingerprint density at radius 3 is 2.42 bits per heavy atom. The van der Waals surface area contributed by atoms with Gasteiger partial charge in [-0.25, -0.2) is 0 Å². The number of furan rings is 1. The van der Waals surface area contributed by atoms with Crippen molar-refractivity contribution in [3.63, 3.8) is 0 Å². The molecule has 0 fully saturated rings. The Morgan fingerprint density at radius 2 is 1.74 bits per heavy atom. The Morgan fingerprint density at radius 1 is 1.00 bits per heavy atom. The van der Waals surface area contributed by atoms with Crippen molar-refractivity contribution in [3.05, 3.63) is 58.8 Å². The Bertz CT molecular complexity index is 728. The molecule has 1 atom stereocenters. The predicted molar refractivity (Wildman–Crippen MR) is 80.0 cm³/mol. The van der Waals surface area contributed by atoms with Crippen LogP contribution in [0.25, 0.3) is 22.1 Å². The zero-order valence-corrected chi connectivity index (χ0v) is 12.0. The molecule has 0 spiro atoms. The maximum absolute atomic E-state index is 9.54. The lowest BCUT2D eigenvalue weighted by Gasteiger charge is -2.06. The van der Waals surface area contributed by atoms with E-state index in [1.807, 2.05) is 36.4 Å². The van der Waals surface area contributed by atoms with Gasteiger partial charge >= 0.3 is 0 Å². The van der Waals surface area contributed by atoms with Crippen LogP contribution in [0.5, 0.6) is 0 Å². The number of fused-ring (bicyclic) bond motifs is 1. The molecule has 96 valence electrons. The quantitative estimate of drug-likeness (QED) is 0.728. The van der Waals surface area contributed by atoms with Crippen LogP contribution in [0, 0.1) is 0 Å². The lowest BCUT2D eigenvalue weighted by molar-refractivity contribution is 0.170. The third kappa shape index (κ3) is 2.20. The zero-order chi connectivity index (χ0) is 13.4. The van der Waals surface area contributed by atoms with Gasteiger partial charge in [0.1, 0.15) is 17.6 Å². The highest BCUT2D eigenvalue weighted by atomic mass is 79.9. The Hall–Kier alpha value is -1.58. The summed E-state index contributed by atoms with van der Waals surface area (Å²) in [6, 6.07) is 15.9. The van der Waals surface area contributed by atoms with E-state index in [-0.39, 0.29) is 0 Å². The van der Waals surface area contributed by atoms with Crippen LogP contribution >= 0.6 is 15.9 Å². The highest BCUT2D eigenvalue weighted by Gasteiger charge is 2.12. The maximum Gasteiger partial charge on any atom is 0.135 e. The first kappa shape index (κ1) is 12.5. The average Bonchev–Trinajstić information content (AvgIpc) is 2.89. The van der Waals surface area contributed by atoms with Gasteiger partial charge in [0.2, 0.25) is 0 Å². The monoisotopic (exact) mass is 316 g/mol. The topological polar surface area (TPSA) is 33.4 Å². The van der Waals surface area contributed by atoms with E-state index in [2.05, 4.69) is 28.1 Å². The van der Waals surface area contributed by atoms with E-state index in [9.17, 15) is 5.11 Å². The smallest absolute Gasteiger partial charge is 0.135 e. The average molecular weight is 317 g/mol. The summed E-state index contributed by atoms with van der Waals surface area (Å²) < 4.78 is 6.78. The van der Waals surface area contributed by atoms with Crippen LogP contribution in [-0.4, -0.2) is 5.11 Å². The van der Waals surface area contributed by atoms with E-state index < -0.39 is 6.10 Å². The minimum absolute atomic E-state index is 0.585. The summed E-state index contributed by atoms with van der Waals surface area (Å²) in [5, 5.41) is 11.8. The number of rotatable bonds is 2. The van der Waals surface area contributed by atoms with Gasteiger partial charge in [0, 0.05) is 10.0 Å². The molecule has 0 aliphatic rings. The Balaban J connectivity index is 2.22. The molecule has 3 aromatic rings. The van der Waals surface area contributed by atoms with E-state index in [1.165, 1.54) is 0 Å². The minimum Gasteiger partial charge on any atom is -0.458 e. The molecule has 1 heterocycles. The Kier molecular flexibility index (Phi) is 3.17. The largest absolute Gasteiger partial charge is 0.458 e. The van der Waals surface area contributed by atoms with Crippen LogP contribution in [0.2, 0.25) is 0 Å². The van der Waals surface area contributed by atoms with Gasteiger partial charge in [0.25, 0.3) is 0 Å². The second kappa shape index (κ2) is 4.83. The zero-order valence-electron chi connectivity index (χ0n) is 10.4. The van der Waals surface area contributed by atoms with Crippen molar-refractivity contribution in [1.29, 1.82) is 0 Å². The molecule has 1 unspecified atom stereocenters. The fraction of sp³-hybridized carbons (Fsp3) is 0.125. The SMILES string of the molecule is CC(O)c1ccc(-c2ccc(Br)c3ccccc23)o1. The van der Waals surface area contributed by atoms with E-state index in [0.717, 1.165) is 26.6 Å². The molecule has 0 amide bonds. The van der Waals surface area contributed by atoms with Crippen molar-refractivity contribution >= 4 is 26.7 Å². The number of hydrogen-bond donors (Lipinski definition) is 1. The molecule has 3 rings (SSSR count). The Labute approximate surface area is 119 Å². The summed E-state index contributed by atoms with van der Waals surface area (Å²) in [5.41, 5.74) is 1.03. The summed E-state index contributed by atoms with van der Waals surface area (Å²) in [7, 11) is 0. The molecule has 19 heavy (non-hydrogen) atoms. The lowest BCUT2D eigenvalue weighted by Crippen LogP contribution is -1.86. The summed E-state index contributed by atoms with van der Waals surface area (Å²) in [6.07, 6.45) is -0.588. The maximum atomic E-state index is 9.54. The van der Waals surface area contributed by atoms with Crippen molar-refractivity contribution in [2.24, 2.45) is 0 Å². The number of aliphatic hydroxyl groups excluding tert-OH is 1. The van der Waals surface area contributed by atoms with Gasteiger partial charge in [-0.15, -0.1) is 0 Å². The number of benzene rings is 2. The lowest BCUT2D eigenvalue weighted by atomic mass is 10.0. The fourth-order valence-corrected chi connectivity index (χ4v) is 2.68. The number of aliphatic hydroxyl groups is 1. The van der Waals surface area contributed by atoms with Crippen molar-refractivity contribution in [3.8, 4) is 11.3 Å². The van der Waals surface area contributed by atoms with E-state index in [4.69, 9.17) is 4.42 Å². The summed E-state index contributed by atoms with van der Waals surface area (Å²) in [4.78, 5) is 0.